The molecule has 0 aromatic carbocycles. The van der Waals surface area contributed by atoms with Gasteiger partial charge in [0.05, 0.1) is 19.8 Å². The maximum absolute atomic E-state index is 12.9. The van der Waals surface area contributed by atoms with Gasteiger partial charge in [0.25, 0.3) is 0 Å². The Balaban J connectivity index is 4.88. The van der Waals surface area contributed by atoms with Gasteiger partial charge >= 0.3 is 25.7 Å². The molecule has 2 N–H and O–H groups in total. The molecule has 3 unspecified atom stereocenters. The Morgan fingerprint density at radius 2 is 0.711 bits per heavy atom. The van der Waals surface area contributed by atoms with Crippen LogP contribution in [0, 0.1) is 0 Å². The number of phosphoric acid groups is 1. The maximum Gasteiger partial charge on any atom is 0.472 e. The van der Waals surface area contributed by atoms with Crippen LogP contribution >= 0.6 is 7.82 Å². The van der Waals surface area contributed by atoms with Crippen LogP contribution in [0.5, 0.6) is 0 Å². The summed E-state index contributed by atoms with van der Waals surface area (Å²) in [5.41, 5.74) is 0. The van der Waals surface area contributed by atoms with Crippen LogP contribution in [0.2, 0.25) is 0 Å². The molecule has 12 heteroatoms. The van der Waals surface area contributed by atoms with Crippen molar-refractivity contribution in [2.45, 2.75) is 226 Å². The van der Waals surface area contributed by atoms with Crippen molar-refractivity contribution in [3.63, 3.8) is 0 Å². The largest absolute Gasteiger partial charge is 0.472 e. The SMILES string of the molecule is CC/C=C\C/C=C\C/C=C\C/C=C\C/C=C\CCCCCC(=O)OC(COC(=O)CCCCCCCCC/C=C\C/C=C\CCCCC)COP(=O)(O)OCC(CO)OC(=O)CC/C=C\C/C=C\C/C=C\C/C=C\CC. The minimum absolute atomic E-state index is 0.0460. The van der Waals surface area contributed by atoms with Crippen LogP contribution in [0.3, 0.4) is 0 Å². The molecule has 3 atom stereocenters. The van der Waals surface area contributed by atoms with Crippen LogP contribution in [0.15, 0.2) is 134 Å². The number of hydrogen-bond acceptors (Lipinski definition) is 10. The van der Waals surface area contributed by atoms with E-state index in [0.29, 0.717) is 19.3 Å². The Morgan fingerprint density at radius 1 is 0.382 bits per heavy atom. The second kappa shape index (κ2) is 56.8. The summed E-state index contributed by atoms with van der Waals surface area (Å²) in [4.78, 5) is 48.5. The Hall–Kier alpha value is -4.38. The van der Waals surface area contributed by atoms with Crippen LogP contribution < -0.4 is 0 Å². The average molecular weight is 1080 g/mol. The molecule has 0 aromatic heterocycles. The topological polar surface area (TPSA) is 155 Å². The lowest BCUT2D eigenvalue weighted by Gasteiger charge is -2.21. The van der Waals surface area contributed by atoms with Crippen molar-refractivity contribution in [3.8, 4) is 0 Å². The zero-order valence-electron chi connectivity index (χ0n) is 47.4. The van der Waals surface area contributed by atoms with Gasteiger partial charge in [0.15, 0.2) is 6.10 Å². The molecule has 430 valence electrons. The van der Waals surface area contributed by atoms with Gasteiger partial charge in [-0.3, -0.25) is 23.4 Å². The number of ether oxygens (including phenoxy) is 3. The van der Waals surface area contributed by atoms with Crippen LogP contribution in [-0.4, -0.2) is 66.5 Å². The summed E-state index contributed by atoms with van der Waals surface area (Å²) in [7, 11) is -4.79. The van der Waals surface area contributed by atoms with Crippen LogP contribution in [-0.2, 0) is 42.2 Å². The van der Waals surface area contributed by atoms with Gasteiger partial charge in [-0.25, -0.2) is 4.57 Å². The summed E-state index contributed by atoms with van der Waals surface area (Å²) in [6.45, 7) is 4.24. The molecular formula is C64H103O11P. The molecule has 11 nitrogen and oxygen atoms in total. The Kier molecular flexibility index (Phi) is 53.5. The maximum atomic E-state index is 12.9. The summed E-state index contributed by atoms with van der Waals surface area (Å²) in [5, 5.41) is 9.79. The number of unbranched alkanes of at least 4 members (excludes halogenated alkanes) is 13. The highest BCUT2D eigenvalue weighted by Gasteiger charge is 2.28. The number of carbonyl (C=O) groups is 3. The third-order valence-corrected chi connectivity index (χ3v) is 12.5. The van der Waals surface area contributed by atoms with Crippen LogP contribution in [0.25, 0.3) is 0 Å². The number of esters is 3. The number of carbonyl (C=O) groups excluding carboxylic acids is 3. The third kappa shape index (κ3) is 54.4. The van der Waals surface area contributed by atoms with Gasteiger partial charge in [-0.2, -0.15) is 0 Å². The number of aliphatic hydroxyl groups is 1. The van der Waals surface area contributed by atoms with E-state index in [1.807, 2.05) is 18.2 Å². The molecular weight excluding hydrogens is 976 g/mol. The molecule has 0 heterocycles. The molecule has 0 amide bonds. The number of allylic oxidation sites excluding steroid dienone is 22. The molecule has 76 heavy (non-hydrogen) atoms. The highest BCUT2D eigenvalue weighted by atomic mass is 31.2. The fraction of sp³-hybridized carbons (Fsp3) is 0.609. The van der Waals surface area contributed by atoms with Crippen LogP contribution in [0.4, 0.5) is 0 Å². The predicted molar refractivity (Wildman–Crippen MR) is 316 cm³/mol. The summed E-state index contributed by atoms with van der Waals surface area (Å²) < 4.78 is 39.4. The van der Waals surface area contributed by atoms with Crippen molar-refractivity contribution in [3.05, 3.63) is 134 Å². The lowest BCUT2D eigenvalue weighted by Crippen LogP contribution is -2.30. The number of phosphoric ester groups is 1. The minimum Gasteiger partial charge on any atom is -0.462 e. The second-order valence-electron chi connectivity index (χ2n) is 18.7. The smallest absolute Gasteiger partial charge is 0.462 e. The van der Waals surface area contributed by atoms with E-state index in [2.05, 4.69) is 136 Å². The van der Waals surface area contributed by atoms with Gasteiger partial charge in [0.1, 0.15) is 12.7 Å². The van der Waals surface area contributed by atoms with E-state index in [9.17, 15) is 28.9 Å². The standard InChI is InChI=1S/C64H103O11P/c1-4-7-10-13-16-19-22-25-27-29-30-32-34-37-40-43-46-49-52-55-64(68)75-61(57-71-62(66)53-50-47-44-41-38-36-33-31-28-26-23-20-17-14-11-8-5-2)59-73-76(69,70)72-58-60(56-65)74-63(67)54-51-48-45-42-39-35-24-21-18-15-12-9-6-3/h7,9-10,12,16-21,25-28,30,32,35,37,39-40,45,48,60-61,65H,4-6,8,11,13-15,22-24,29,31,33-34,36,38,41-44,46-47,49-59H2,1-3H3,(H,69,70)/b10-7-,12-9-,19-16-,20-17-,21-18-,27-25-,28-26-,32-30-,39-35-,40-37-,48-45-. The first-order valence-electron chi connectivity index (χ1n) is 29.1. The number of hydrogen-bond donors (Lipinski definition) is 2. The average Bonchev–Trinajstić information content (AvgIpc) is 3.41. The molecule has 0 aliphatic heterocycles. The summed E-state index contributed by atoms with van der Waals surface area (Å²) in [6.07, 6.45) is 71.4. The first-order chi connectivity index (χ1) is 37.2. The zero-order chi connectivity index (χ0) is 55.5. The van der Waals surface area contributed by atoms with E-state index in [0.717, 1.165) is 116 Å². The molecule has 0 bridgehead atoms. The first kappa shape index (κ1) is 71.6. The van der Waals surface area contributed by atoms with Crippen molar-refractivity contribution in [2.24, 2.45) is 0 Å². The van der Waals surface area contributed by atoms with Crippen molar-refractivity contribution in [1.29, 1.82) is 0 Å². The fourth-order valence-corrected chi connectivity index (χ4v) is 7.97. The quantitative estimate of drug-likeness (QED) is 0.0197. The molecule has 0 fully saturated rings. The van der Waals surface area contributed by atoms with Gasteiger partial charge < -0.3 is 24.2 Å². The van der Waals surface area contributed by atoms with Gasteiger partial charge in [-0.05, 0) is 122 Å². The van der Waals surface area contributed by atoms with E-state index >= 15 is 0 Å². The van der Waals surface area contributed by atoms with E-state index in [1.165, 1.54) is 38.5 Å². The molecule has 0 spiro atoms. The molecule has 0 saturated carbocycles. The lowest BCUT2D eigenvalue weighted by atomic mass is 10.1. The lowest BCUT2D eigenvalue weighted by molar-refractivity contribution is -0.161. The predicted octanol–water partition coefficient (Wildman–Crippen LogP) is 17.4. The highest BCUT2D eigenvalue weighted by Crippen LogP contribution is 2.43. The van der Waals surface area contributed by atoms with Crippen molar-refractivity contribution in [2.75, 3.05) is 26.4 Å². The van der Waals surface area contributed by atoms with Gasteiger partial charge in [-0.1, -0.05) is 206 Å². The Morgan fingerprint density at radius 3 is 1.14 bits per heavy atom. The van der Waals surface area contributed by atoms with E-state index in [1.54, 1.807) is 0 Å². The summed E-state index contributed by atoms with van der Waals surface area (Å²) >= 11 is 0. The molecule has 0 radical (unpaired) electrons. The molecule has 0 aliphatic carbocycles. The second-order valence-corrected chi connectivity index (χ2v) is 20.1. The minimum atomic E-state index is -4.79. The third-order valence-electron chi connectivity index (χ3n) is 11.6. The summed E-state index contributed by atoms with van der Waals surface area (Å²) in [5.74, 6) is -1.61. The Bertz CT molecular complexity index is 1780. The Labute approximate surface area is 461 Å². The van der Waals surface area contributed by atoms with Gasteiger partial charge in [-0.15, -0.1) is 0 Å². The van der Waals surface area contributed by atoms with E-state index < -0.39 is 57.8 Å². The van der Waals surface area contributed by atoms with Crippen LogP contribution in [0.1, 0.15) is 213 Å². The summed E-state index contributed by atoms with van der Waals surface area (Å²) in [6, 6.07) is 0. The molecule has 0 aromatic rings. The first-order valence-corrected chi connectivity index (χ1v) is 30.6. The molecule has 0 rings (SSSR count). The van der Waals surface area contributed by atoms with Crippen molar-refractivity contribution in [1.82, 2.24) is 0 Å². The van der Waals surface area contributed by atoms with E-state index in [4.69, 9.17) is 23.3 Å². The number of aliphatic hydroxyl groups excluding tert-OH is 1. The molecule has 0 saturated heterocycles. The molecule has 0 aliphatic rings. The van der Waals surface area contributed by atoms with Crippen molar-refractivity contribution >= 4 is 25.7 Å². The monoisotopic (exact) mass is 1080 g/mol. The van der Waals surface area contributed by atoms with E-state index in [-0.39, 0.29) is 25.9 Å². The van der Waals surface area contributed by atoms with Gasteiger partial charge in [0.2, 0.25) is 0 Å². The van der Waals surface area contributed by atoms with Crippen molar-refractivity contribution < 1.29 is 52.2 Å². The van der Waals surface area contributed by atoms with Gasteiger partial charge in [0, 0.05) is 19.3 Å². The normalized spacial score (nSPS) is 14.3. The zero-order valence-corrected chi connectivity index (χ0v) is 48.3. The fourth-order valence-electron chi connectivity index (χ4n) is 7.19. The highest BCUT2D eigenvalue weighted by molar-refractivity contribution is 7.47. The number of rotatable bonds is 52.